The SMILES string of the molecule is CCCN1CC(C(=O)NCCCN(C)C)CC1=O. The molecule has 0 aliphatic carbocycles. The van der Waals surface area contributed by atoms with Crippen molar-refractivity contribution >= 4 is 11.8 Å². The quantitative estimate of drug-likeness (QED) is 0.666. The number of likely N-dealkylation sites (tertiary alicyclic amines) is 1. The standard InChI is InChI=1S/C13H25N3O2/c1-4-7-16-10-11(9-12(16)17)13(18)14-6-5-8-15(2)3/h11H,4-10H2,1-3H3,(H,14,18). The molecule has 1 aliphatic heterocycles. The average molecular weight is 255 g/mol. The molecule has 1 rings (SSSR count). The van der Waals surface area contributed by atoms with Gasteiger partial charge in [-0.25, -0.2) is 0 Å². The predicted molar refractivity (Wildman–Crippen MR) is 71.2 cm³/mol. The van der Waals surface area contributed by atoms with Crippen LogP contribution in [0, 0.1) is 5.92 Å². The number of nitrogens with zero attached hydrogens (tertiary/aromatic N) is 2. The van der Waals surface area contributed by atoms with Crippen LogP contribution in [0.15, 0.2) is 0 Å². The maximum Gasteiger partial charge on any atom is 0.225 e. The van der Waals surface area contributed by atoms with Gasteiger partial charge in [-0.1, -0.05) is 6.92 Å². The number of hydrogen-bond donors (Lipinski definition) is 1. The molecule has 1 N–H and O–H groups in total. The normalized spacial score (nSPS) is 19.7. The van der Waals surface area contributed by atoms with Crippen LogP contribution in [0.3, 0.4) is 0 Å². The van der Waals surface area contributed by atoms with Gasteiger partial charge in [0.1, 0.15) is 0 Å². The zero-order chi connectivity index (χ0) is 13.5. The fraction of sp³-hybridized carbons (Fsp3) is 0.846. The van der Waals surface area contributed by atoms with E-state index in [0.29, 0.717) is 19.5 Å². The van der Waals surface area contributed by atoms with Crippen LogP contribution in [-0.2, 0) is 9.59 Å². The molecule has 0 spiro atoms. The summed E-state index contributed by atoms with van der Waals surface area (Å²) in [5, 5.41) is 2.92. The summed E-state index contributed by atoms with van der Waals surface area (Å²) in [6.07, 6.45) is 2.26. The lowest BCUT2D eigenvalue weighted by Gasteiger charge is -2.15. The number of carbonyl (C=O) groups is 2. The Morgan fingerprint density at radius 3 is 2.83 bits per heavy atom. The monoisotopic (exact) mass is 255 g/mol. The molecular formula is C13H25N3O2. The second-order valence-electron chi connectivity index (χ2n) is 5.19. The zero-order valence-electron chi connectivity index (χ0n) is 11.7. The fourth-order valence-corrected chi connectivity index (χ4v) is 2.19. The van der Waals surface area contributed by atoms with E-state index in [4.69, 9.17) is 0 Å². The topological polar surface area (TPSA) is 52.7 Å². The Hall–Kier alpha value is -1.10. The van der Waals surface area contributed by atoms with Crippen LogP contribution in [0.25, 0.3) is 0 Å². The largest absolute Gasteiger partial charge is 0.356 e. The summed E-state index contributed by atoms with van der Waals surface area (Å²) in [4.78, 5) is 27.4. The lowest BCUT2D eigenvalue weighted by molar-refractivity contribution is -0.129. The van der Waals surface area contributed by atoms with Crippen molar-refractivity contribution in [3.05, 3.63) is 0 Å². The molecule has 0 aromatic carbocycles. The Labute approximate surface area is 110 Å². The van der Waals surface area contributed by atoms with Gasteiger partial charge in [0.25, 0.3) is 0 Å². The van der Waals surface area contributed by atoms with E-state index >= 15 is 0 Å². The molecule has 0 saturated carbocycles. The molecule has 1 aliphatic rings. The third-order valence-corrected chi connectivity index (χ3v) is 3.16. The highest BCUT2D eigenvalue weighted by atomic mass is 16.2. The van der Waals surface area contributed by atoms with Crippen LogP contribution in [0.1, 0.15) is 26.2 Å². The van der Waals surface area contributed by atoms with E-state index in [9.17, 15) is 9.59 Å². The van der Waals surface area contributed by atoms with Crippen LogP contribution in [-0.4, -0.2) is 61.9 Å². The molecule has 1 heterocycles. The van der Waals surface area contributed by atoms with Crippen molar-refractivity contribution in [2.75, 3.05) is 40.3 Å². The van der Waals surface area contributed by atoms with Crippen molar-refractivity contribution in [2.45, 2.75) is 26.2 Å². The maximum absolute atomic E-state index is 11.9. The van der Waals surface area contributed by atoms with Crippen molar-refractivity contribution in [2.24, 2.45) is 5.92 Å². The summed E-state index contributed by atoms with van der Waals surface area (Å²) in [6.45, 7) is 5.05. The van der Waals surface area contributed by atoms with Gasteiger partial charge in [-0.2, -0.15) is 0 Å². The second kappa shape index (κ2) is 7.36. The lowest BCUT2D eigenvalue weighted by Crippen LogP contribution is -2.34. The smallest absolute Gasteiger partial charge is 0.225 e. The molecule has 18 heavy (non-hydrogen) atoms. The molecule has 2 amide bonds. The number of hydrogen-bond acceptors (Lipinski definition) is 3. The molecule has 1 atom stereocenters. The van der Waals surface area contributed by atoms with E-state index in [1.54, 1.807) is 4.90 Å². The summed E-state index contributed by atoms with van der Waals surface area (Å²) in [7, 11) is 4.03. The van der Waals surface area contributed by atoms with Crippen molar-refractivity contribution in [3.8, 4) is 0 Å². The number of rotatable bonds is 7. The van der Waals surface area contributed by atoms with Gasteiger partial charge >= 0.3 is 0 Å². The molecule has 0 bridgehead atoms. The minimum atomic E-state index is -0.150. The van der Waals surface area contributed by atoms with Gasteiger partial charge < -0.3 is 15.1 Å². The molecule has 1 saturated heterocycles. The van der Waals surface area contributed by atoms with Crippen LogP contribution in [0.5, 0.6) is 0 Å². The maximum atomic E-state index is 11.9. The van der Waals surface area contributed by atoms with Crippen molar-refractivity contribution < 1.29 is 9.59 Å². The highest BCUT2D eigenvalue weighted by Crippen LogP contribution is 2.17. The Balaban J connectivity index is 2.25. The van der Waals surface area contributed by atoms with Gasteiger partial charge in [-0.3, -0.25) is 9.59 Å². The molecule has 0 aromatic heterocycles. The average Bonchev–Trinajstić information content (AvgIpc) is 2.67. The molecule has 5 heteroatoms. The van der Waals surface area contributed by atoms with Gasteiger partial charge in [0, 0.05) is 26.1 Å². The lowest BCUT2D eigenvalue weighted by atomic mass is 10.1. The van der Waals surface area contributed by atoms with Crippen molar-refractivity contribution in [1.29, 1.82) is 0 Å². The molecule has 1 fully saturated rings. The van der Waals surface area contributed by atoms with E-state index in [0.717, 1.165) is 25.9 Å². The number of amides is 2. The Bertz CT molecular complexity index is 292. The fourth-order valence-electron chi connectivity index (χ4n) is 2.19. The zero-order valence-corrected chi connectivity index (χ0v) is 11.7. The Morgan fingerprint density at radius 2 is 2.22 bits per heavy atom. The first-order valence-corrected chi connectivity index (χ1v) is 6.74. The molecular weight excluding hydrogens is 230 g/mol. The van der Waals surface area contributed by atoms with Crippen molar-refractivity contribution in [3.63, 3.8) is 0 Å². The summed E-state index contributed by atoms with van der Waals surface area (Å²) in [6, 6.07) is 0. The van der Waals surface area contributed by atoms with Gasteiger partial charge in [-0.05, 0) is 33.5 Å². The third kappa shape index (κ3) is 4.64. The molecule has 0 aromatic rings. The highest BCUT2D eigenvalue weighted by molar-refractivity contribution is 5.89. The van der Waals surface area contributed by atoms with E-state index in [2.05, 4.69) is 10.2 Å². The van der Waals surface area contributed by atoms with Gasteiger partial charge in [-0.15, -0.1) is 0 Å². The number of carbonyl (C=O) groups excluding carboxylic acids is 2. The van der Waals surface area contributed by atoms with E-state index in [1.807, 2.05) is 21.0 Å². The second-order valence-corrected chi connectivity index (χ2v) is 5.19. The predicted octanol–water partition coefficient (Wildman–Crippen LogP) is 0.313. The Kier molecular flexibility index (Phi) is 6.12. The summed E-state index contributed by atoms with van der Waals surface area (Å²) in [5.74, 6) is -0.00518. The molecule has 104 valence electrons. The van der Waals surface area contributed by atoms with Crippen molar-refractivity contribution in [1.82, 2.24) is 15.1 Å². The van der Waals surface area contributed by atoms with Crippen LogP contribution in [0.2, 0.25) is 0 Å². The third-order valence-electron chi connectivity index (χ3n) is 3.16. The minimum absolute atomic E-state index is 0.0284. The van der Waals surface area contributed by atoms with Gasteiger partial charge in [0.05, 0.1) is 5.92 Å². The van der Waals surface area contributed by atoms with Gasteiger partial charge in [0.2, 0.25) is 11.8 Å². The molecule has 0 radical (unpaired) electrons. The Morgan fingerprint density at radius 1 is 1.50 bits per heavy atom. The molecule has 5 nitrogen and oxygen atoms in total. The van der Waals surface area contributed by atoms with Crippen LogP contribution < -0.4 is 5.32 Å². The first-order chi connectivity index (χ1) is 8.54. The molecule has 1 unspecified atom stereocenters. The van der Waals surface area contributed by atoms with E-state index in [-0.39, 0.29) is 17.7 Å². The number of nitrogens with one attached hydrogen (secondary N) is 1. The highest BCUT2D eigenvalue weighted by Gasteiger charge is 2.33. The first kappa shape index (κ1) is 15.0. The van der Waals surface area contributed by atoms with E-state index in [1.165, 1.54) is 0 Å². The van der Waals surface area contributed by atoms with Crippen LogP contribution in [0.4, 0.5) is 0 Å². The summed E-state index contributed by atoms with van der Waals surface area (Å²) < 4.78 is 0. The van der Waals surface area contributed by atoms with Crippen LogP contribution >= 0.6 is 0 Å². The minimum Gasteiger partial charge on any atom is -0.356 e. The summed E-state index contributed by atoms with van der Waals surface area (Å²) in [5.41, 5.74) is 0. The van der Waals surface area contributed by atoms with E-state index < -0.39 is 0 Å². The summed E-state index contributed by atoms with van der Waals surface area (Å²) >= 11 is 0. The van der Waals surface area contributed by atoms with Gasteiger partial charge in [0.15, 0.2) is 0 Å². The first-order valence-electron chi connectivity index (χ1n) is 6.74.